The number of nitrogens with zero attached hydrogens (tertiary/aromatic N) is 2. The fourth-order valence-corrected chi connectivity index (χ4v) is 4.78. The number of rotatable bonds is 6. The Balaban J connectivity index is 1.59. The molecule has 1 aliphatic heterocycles. The molecule has 0 bridgehead atoms. The van der Waals surface area contributed by atoms with Crippen LogP contribution in [0.15, 0.2) is 59.5 Å². The summed E-state index contributed by atoms with van der Waals surface area (Å²) in [7, 11) is -2.26. The molecule has 0 aliphatic carbocycles. The van der Waals surface area contributed by atoms with Gasteiger partial charge in [0.2, 0.25) is 10.0 Å². The number of piperidine rings is 1. The topological polar surface area (TPSA) is 84.0 Å². The summed E-state index contributed by atoms with van der Waals surface area (Å²) in [4.78, 5) is 26.1. The van der Waals surface area contributed by atoms with Gasteiger partial charge in [0.05, 0.1) is 10.8 Å². The van der Waals surface area contributed by atoms with Crippen LogP contribution in [0.4, 0.5) is 10.1 Å². The fraction of sp³-hybridized carbons (Fsp3) is 0.333. The van der Waals surface area contributed by atoms with Crippen LogP contribution >= 0.6 is 0 Å². The second-order valence-corrected chi connectivity index (χ2v) is 8.99. The Morgan fingerprint density at radius 2 is 1.80 bits per heavy atom. The van der Waals surface area contributed by atoms with Crippen LogP contribution in [0.1, 0.15) is 12.8 Å². The molecule has 1 atom stereocenters. The number of carbonyl (C=O) groups excluding carboxylic acids is 2. The van der Waals surface area contributed by atoms with Crippen molar-refractivity contribution in [1.82, 2.24) is 4.31 Å². The number of carbonyl (C=O) groups is 2. The molecule has 0 aromatic heterocycles. The smallest absolute Gasteiger partial charge is 0.310 e. The molecule has 0 spiro atoms. The molecular weight excluding hydrogens is 411 g/mol. The Labute approximate surface area is 175 Å². The van der Waals surface area contributed by atoms with Crippen LogP contribution in [-0.2, 0) is 24.3 Å². The largest absolute Gasteiger partial charge is 0.455 e. The molecule has 1 aliphatic rings. The SMILES string of the molecule is CN(C(=O)COC(=O)C1CCCN(S(=O)(=O)c2ccc(F)cc2)C1)c1ccccc1. The molecule has 1 heterocycles. The van der Waals surface area contributed by atoms with Gasteiger partial charge < -0.3 is 9.64 Å². The van der Waals surface area contributed by atoms with Gasteiger partial charge in [0.1, 0.15) is 5.82 Å². The maximum absolute atomic E-state index is 13.1. The molecule has 0 N–H and O–H groups in total. The van der Waals surface area contributed by atoms with Gasteiger partial charge in [-0.3, -0.25) is 9.59 Å². The highest BCUT2D eigenvalue weighted by Crippen LogP contribution is 2.25. The summed E-state index contributed by atoms with van der Waals surface area (Å²) in [6.45, 7) is -0.203. The first-order valence-electron chi connectivity index (χ1n) is 9.53. The van der Waals surface area contributed by atoms with Crippen LogP contribution < -0.4 is 4.90 Å². The average molecular weight is 434 g/mol. The zero-order valence-electron chi connectivity index (χ0n) is 16.5. The first-order valence-corrected chi connectivity index (χ1v) is 11.0. The van der Waals surface area contributed by atoms with Gasteiger partial charge in [-0.05, 0) is 49.2 Å². The number of para-hydroxylation sites is 1. The van der Waals surface area contributed by atoms with E-state index in [-0.39, 0.29) is 23.9 Å². The normalized spacial score (nSPS) is 17.3. The van der Waals surface area contributed by atoms with Crippen molar-refractivity contribution in [1.29, 1.82) is 0 Å². The Hall–Kier alpha value is -2.78. The summed E-state index contributed by atoms with van der Waals surface area (Å²) < 4.78 is 45.0. The lowest BCUT2D eigenvalue weighted by Crippen LogP contribution is -2.43. The number of sulfonamides is 1. The van der Waals surface area contributed by atoms with Gasteiger partial charge in [-0.25, -0.2) is 12.8 Å². The predicted molar refractivity (Wildman–Crippen MR) is 109 cm³/mol. The van der Waals surface area contributed by atoms with Crippen molar-refractivity contribution < 1.29 is 27.1 Å². The molecule has 7 nitrogen and oxygen atoms in total. The standard InChI is InChI=1S/C21H23FN2O5S/c1-23(18-7-3-2-4-8-18)20(25)15-29-21(26)16-6-5-13-24(14-16)30(27,28)19-11-9-17(22)10-12-19/h2-4,7-12,16H,5-6,13-15H2,1H3. The zero-order valence-corrected chi connectivity index (χ0v) is 17.3. The van der Waals surface area contributed by atoms with Crippen molar-refractivity contribution in [2.24, 2.45) is 5.92 Å². The van der Waals surface area contributed by atoms with Crippen LogP contribution in [-0.4, -0.2) is 51.3 Å². The monoisotopic (exact) mass is 434 g/mol. The number of esters is 1. The minimum atomic E-state index is -3.84. The first kappa shape index (κ1) is 21.9. The Morgan fingerprint density at radius 3 is 2.47 bits per heavy atom. The van der Waals surface area contributed by atoms with Crippen molar-refractivity contribution in [2.75, 3.05) is 31.6 Å². The number of benzene rings is 2. The summed E-state index contributed by atoms with van der Waals surface area (Å²) in [5.74, 6) is -2.19. The molecule has 1 fully saturated rings. The quantitative estimate of drug-likeness (QED) is 0.652. The van der Waals surface area contributed by atoms with E-state index in [4.69, 9.17) is 4.74 Å². The Bertz CT molecular complexity index is 996. The summed E-state index contributed by atoms with van der Waals surface area (Å²) in [6, 6.07) is 13.5. The van der Waals surface area contributed by atoms with Gasteiger partial charge >= 0.3 is 5.97 Å². The highest BCUT2D eigenvalue weighted by molar-refractivity contribution is 7.89. The minimum Gasteiger partial charge on any atom is -0.455 e. The van der Waals surface area contributed by atoms with E-state index in [9.17, 15) is 22.4 Å². The van der Waals surface area contributed by atoms with E-state index in [0.717, 1.165) is 12.1 Å². The van der Waals surface area contributed by atoms with Crippen molar-refractivity contribution >= 4 is 27.6 Å². The van der Waals surface area contributed by atoms with Crippen LogP contribution in [0.25, 0.3) is 0 Å². The average Bonchev–Trinajstić information content (AvgIpc) is 2.77. The molecule has 30 heavy (non-hydrogen) atoms. The molecule has 0 radical (unpaired) electrons. The van der Waals surface area contributed by atoms with Crippen molar-refractivity contribution in [3.05, 3.63) is 60.4 Å². The van der Waals surface area contributed by atoms with E-state index in [2.05, 4.69) is 0 Å². The number of amides is 1. The van der Waals surface area contributed by atoms with Gasteiger partial charge in [0.25, 0.3) is 5.91 Å². The highest BCUT2D eigenvalue weighted by atomic mass is 32.2. The fourth-order valence-electron chi connectivity index (χ4n) is 3.25. The van der Waals surface area contributed by atoms with Gasteiger partial charge in [-0.1, -0.05) is 18.2 Å². The molecule has 2 aromatic carbocycles. The van der Waals surface area contributed by atoms with Gasteiger partial charge in [0, 0.05) is 25.8 Å². The summed E-state index contributed by atoms with van der Waals surface area (Å²) in [5, 5.41) is 0. The van der Waals surface area contributed by atoms with Crippen LogP contribution in [0.5, 0.6) is 0 Å². The third kappa shape index (κ3) is 5.03. The van der Waals surface area contributed by atoms with Crippen molar-refractivity contribution in [3.8, 4) is 0 Å². The molecule has 2 aromatic rings. The van der Waals surface area contributed by atoms with E-state index in [0.29, 0.717) is 18.5 Å². The minimum absolute atomic E-state index is 0.0300. The molecule has 1 saturated heterocycles. The van der Waals surface area contributed by atoms with Crippen molar-refractivity contribution in [2.45, 2.75) is 17.7 Å². The predicted octanol–water partition coefficient (Wildman–Crippen LogP) is 2.43. The number of ether oxygens (including phenoxy) is 1. The molecular formula is C21H23FN2O5S. The molecule has 1 amide bonds. The second-order valence-electron chi connectivity index (χ2n) is 7.05. The number of hydrogen-bond acceptors (Lipinski definition) is 5. The molecule has 3 rings (SSSR count). The van der Waals surface area contributed by atoms with E-state index < -0.39 is 34.3 Å². The van der Waals surface area contributed by atoms with Gasteiger partial charge in [-0.2, -0.15) is 4.31 Å². The van der Waals surface area contributed by atoms with Gasteiger partial charge in [0.15, 0.2) is 6.61 Å². The summed E-state index contributed by atoms with van der Waals surface area (Å²) >= 11 is 0. The maximum atomic E-state index is 13.1. The Morgan fingerprint density at radius 1 is 1.13 bits per heavy atom. The first-order chi connectivity index (χ1) is 14.3. The number of hydrogen-bond donors (Lipinski definition) is 0. The van der Waals surface area contributed by atoms with E-state index in [1.165, 1.54) is 21.3 Å². The van der Waals surface area contributed by atoms with Crippen LogP contribution in [0.3, 0.4) is 0 Å². The van der Waals surface area contributed by atoms with E-state index in [1.54, 1.807) is 31.3 Å². The number of likely N-dealkylation sites (N-methyl/N-ethyl adjacent to an activating group) is 1. The maximum Gasteiger partial charge on any atom is 0.310 e. The van der Waals surface area contributed by atoms with Crippen molar-refractivity contribution in [3.63, 3.8) is 0 Å². The summed E-state index contributed by atoms with van der Waals surface area (Å²) in [5.41, 5.74) is 0.674. The number of anilines is 1. The summed E-state index contributed by atoms with van der Waals surface area (Å²) in [6.07, 6.45) is 0.953. The number of halogens is 1. The lowest BCUT2D eigenvalue weighted by molar-refractivity contribution is -0.153. The van der Waals surface area contributed by atoms with Crippen LogP contribution in [0.2, 0.25) is 0 Å². The Kier molecular flexibility index (Phi) is 6.84. The van der Waals surface area contributed by atoms with Gasteiger partial charge in [-0.15, -0.1) is 0 Å². The molecule has 160 valence electrons. The molecule has 9 heteroatoms. The van der Waals surface area contributed by atoms with Crippen LogP contribution in [0, 0.1) is 11.7 Å². The molecule has 1 unspecified atom stereocenters. The second kappa shape index (κ2) is 9.36. The van der Waals surface area contributed by atoms with E-state index >= 15 is 0 Å². The molecule has 0 saturated carbocycles. The highest BCUT2D eigenvalue weighted by Gasteiger charge is 2.34. The lowest BCUT2D eigenvalue weighted by Gasteiger charge is -2.30. The lowest BCUT2D eigenvalue weighted by atomic mass is 10.00. The third-order valence-electron chi connectivity index (χ3n) is 5.02. The zero-order chi connectivity index (χ0) is 21.7. The van der Waals surface area contributed by atoms with E-state index in [1.807, 2.05) is 6.07 Å². The third-order valence-corrected chi connectivity index (χ3v) is 6.90.